The second-order valence-electron chi connectivity index (χ2n) is 10.00. The van der Waals surface area contributed by atoms with Crippen molar-refractivity contribution in [1.29, 1.82) is 0 Å². The number of hydrogen-bond donors (Lipinski definition) is 2. The summed E-state index contributed by atoms with van der Waals surface area (Å²) in [5.74, 6) is -4.59. The highest BCUT2D eigenvalue weighted by Gasteiger charge is 2.36. The molecule has 0 saturated carbocycles. The number of aromatic amines is 1. The zero-order valence-corrected chi connectivity index (χ0v) is 24.0. The van der Waals surface area contributed by atoms with Crippen LogP contribution in [-0.4, -0.2) is 61.4 Å². The maximum Gasteiger partial charge on any atom is 0.417 e. The van der Waals surface area contributed by atoms with E-state index in [1.165, 1.54) is 35.5 Å². The number of nitrogens with one attached hydrogen (secondary N) is 1. The lowest BCUT2D eigenvalue weighted by Crippen LogP contribution is -2.34. The van der Waals surface area contributed by atoms with E-state index in [2.05, 4.69) is 25.0 Å². The highest BCUT2D eigenvalue weighted by atomic mass is 19.4. The van der Waals surface area contributed by atoms with E-state index in [9.17, 15) is 31.5 Å². The summed E-state index contributed by atoms with van der Waals surface area (Å²) in [6, 6.07) is 5.63. The minimum Gasteiger partial charge on any atom is -0.494 e. The number of H-pyrrole nitrogens is 1. The summed E-state index contributed by atoms with van der Waals surface area (Å²) < 4.78 is 80.6. The molecule has 0 spiro atoms. The van der Waals surface area contributed by atoms with Gasteiger partial charge in [-0.2, -0.15) is 18.3 Å². The number of fused-ring (bicyclic) bond motifs is 1. The van der Waals surface area contributed by atoms with Crippen molar-refractivity contribution >= 4 is 18.2 Å². The number of ether oxygens (including phenoxy) is 2. The van der Waals surface area contributed by atoms with Crippen LogP contribution in [0.2, 0.25) is 0 Å². The van der Waals surface area contributed by atoms with Gasteiger partial charge in [0.15, 0.2) is 23.5 Å². The third-order valence-electron chi connectivity index (χ3n) is 6.74. The minimum absolute atomic E-state index is 0.00940. The second kappa shape index (κ2) is 13.3. The van der Waals surface area contributed by atoms with E-state index in [0.29, 0.717) is 17.8 Å². The molecule has 3 heterocycles. The summed E-state index contributed by atoms with van der Waals surface area (Å²) in [6.07, 6.45) is -1.08. The fourth-order valence-electron chi connectivity index (χ4n) is 4.58. The van der Waals surface area contributed by atoms with Crippen molar-refractivity contribution in [2.75, 3.05) is 13.2 Å². The summed E-state index contributed by atoms with van der Waals surface area (Å²) >= 11 is 0. The summed E-state index contributed by atoms with van der Waals surface area (Å²) in [7, 11) is 0. The van der Waals surface area contributed by atoms with Gasteiger partial charge in [-0.3, -0.25) is 9.80 Å². The first-order chi connectivity index (χ1) is 22.0. The van der Waals surface area contributed by atoms with Gasteiger partial charge in [0.1, 0.15) is 18.2 Å². The molecule has 0 saturated heterocycles. The molecule has 1 atom stereocenters. The van der Waals surface area contributed by atoms with Gasteiger partial charge in [0.05, 0.1) is 48.3 Å². The highest BCUT2D eigenvalue weighted by Crippen LogP contribution is 2.38. The van der Waals surface area contributed by atoms with Crippen molar-refractivity contribution in [2.24, 2.45) is 5.10 Å². The van der Waals surface area contributed by atoms with Crippen LogP contribution in [0.1, 0.15) is 48.3 Å². The van der Waals surface area contributed by atoms with Gasteiger partial charge in [-0.05, 0) is 36.8 Å². The summed E-state index contributed by atoms with van der Waals surface area (Å²) in [6.45, 7) is 1.42. The summed E-state index contributed by atoms with van der Waals surface area (Å²) in [5.41, 5.74) is -0.757. The number of carboxylic acids is 1. The number of imidazole rings is 1. The van der Waals surface area contributed by atoms with Gasteiger partial charge in [0, 0.05) is 23.5 Å². The van der Waals surface area contributed by atoms with Gasteiger partial charge in [-0.15, -0.1) is 0 Å². The van der Waals surface area contributed by atoms with Gasteiger partial charge in [0.2, 0.25) is 0 Å². The van der Waals surface area contributed by atoms with Crippen molar-refractivity contribution in [1.82, 2.24) is 24.9 Å². The number of nitrogens with zero attached hydrogens (tertiary/aromatic N) is 5. The van der Waals surface area contributed by atoms with Crippen LogP contribution in [0.25, 0.3) is 22.8 Å². The predicted molar refractivity (Wildman–Crippen MR) is 151 cm³/mol. The molecule has 5 rings (SSSR count). The van der Waals surface area contributed by atoms with E-state index in [4.69, 9.17) is 14.6 Å². The van der Waals surface area contributed by atoms with Crippen LogP contribution in [0, 0.1) is 11.6 Å². The number of esters is 1. The van der Waals surface area contributed by atoms with Crippen LogP contribution in [0.15, 0.2) is 53.9 Å². The van der Waals surface area contributed by atoms with Crippen LogP contribution in [0.4, 0.5) is 22.0 Å². The fourth-order valence-corrected chi connectivity index (χ4v) is 4.58. The number of alkyl halides is 3. The van der Waals surface area contributed by atoms with Crippen molar-refractivity contribution < 1.29 is 46.1 Å². The van der Waals surface area contributed by atoms with Gasteiger partial charge >= 0.3 is 18.1 Å². The normalized spacial score (nSPS) is 13.3. The smallest absolute Gasteiger partial charge is 0.417 e. The summed E-state index contributed by atoms with van der Waals surface area (Å²) in [5, 5.41) is 14.4. The van der Waals surface area contributed by atoms with E-state index in [1.54, 1.807) is 0 Å². The third-order valence-corrected chi connectivity index (χ3v) is 6.74. The molecule has 2 N–H and O–H groups in total. The van der Waals surface area contributed by atoms with Crippen LogP contribution in [0.5, 0.6) is 5.75 Å². The second-order valence-corrected chi connectivity index (χ2v) is 10.00. The first-order valence-corrected chi connectivity index (χ1v) is 13.8. The predicted octanol–water partition coefficient (Wildman–Crippen LogP) is 5.53. The highest BCUT2D eigenvalue weighted by molar-refractivity contribution is 5.82. The Morgan fingerprint density at radius 2 is 1.85 bits per heavy atom. The molecule has 11 nitrogen and oxygen atoms in total. The maximum absolute atomic E-state index is 14.4. The third kappa shape index (κ3) is 6.95. The molecule has 0 fully saturated rings. The van der Waals surface area contributed by atoms with E-state index in [1.807, 2.05) is 6.92 Å². The number of aromatic nitrogens is 4. The number of carbonyl (C=O) groups is 2. The van der Waals surface area contributed by atoms with Crippen molar-refractivity contribution in [2.45, 2.75) is 38.5 Å². The quantitative estimate of drug-likeness (QED) is 0.159. The van der Waals surface area contributed by atoms with E-state index in [0.717, 1.165) is 24.5 Å². The lowest BCUT2D eigenvalue weighted by atomic mass is 10.0. The Balaban J connectivity index is 1.46. The Bertz CT molecular complexity index is 1780. The monoisotopic (exact) mass is 644 g/mol. The Hall–Kier alpha value is -5.41. The maximum atomic E-state index is 14.4. The molecule has 0 radical (unpaired) electrons. The Morgan fingerprint density at radius 3 is 2.54 bits per heavy atom. The van der Waals surface area contributed by atoms with E-state index < -0.39 is 54.4 Å². The zero-order chi connectivity index (χ0) is 33.0. The summed E-state index contributed by atoms with van der Waals surface area (Å²) in [4.78, 5) is 39.6. The average Bonchev–Trinajstić information content (AvgIpc) is 3.44. The first kappa shape index (κ1) is 32.0. The molecule has 0 amide bonds. The molecule has 240 valence electrons. The van der Waals surface area contributed by atoms with Gasteiger partial charge < -0.3 is 19.6 Å². The molecule has 4 aromatic rings. The number of rotatable bonds is 11. The van der Waals surface area contributed by atoms with Crippen molar-refractivity contribution in [3.05, 3.63) is 82.9 Å². The van der Waals surface area contributed by atoms with Crippen LogP contribution in [0.3, 0.4) is 0 Å². The minimum atomic E-state index is -4.75. The number of carbonyl (C=O) groups excluding carboxylic acids is 1. The molecule has 1 aliphatic heterocycles. The molecule has 46 heavy (non-hydrogen) atoms. The number of hydrogen-bond acceptors (Lipinski definition) is 9. The molecule has 2 aromatic heterocycles. The van der Waals surface area contributed by atoms with Gasteiger partial charge in [-0.25, -0.2) is 28.5 Å². The Labute approximate surface area is 257 Å². The first-order valence-electron chi connectivity index (χ1n) is 13.8. The van der Waals surface area contributed by atoms with Crippen LogP contribution >= 0.6 is 0 Å². The molecular formula is C30H25F5N6O5. The van der Waals surface area contributed by atoms with Crippen molar-refractivity contribution in [3.8, 4) is 28.5 Å². The topological polar surface area (TPSA) is 143 Å². The fraction of sp³-hybridized carbons (Fsp3) is 0.267. The van der Waals surface area contributed by atoms with E-state index >= 15 is 0 Å². The molecule has 1 unspecified atom stereocenters. The average molecular weight is 645 g/mol. The largest absolute Gasteiger partial charge is 0.494 e. The standard InChI is InChI=1S/C30H25F5N6O5/c1-2-9-45-17-6-7-18(20(11-17)30(33,34)35)27-36-12-16(13-37-27)26(29(44)46-10-8-24(42)43)41-15-23-22(14-38-41)39-28(40-23)19-4-3-5-21(31)25(19)32/h3-7,11-14,26H,2,8-10,15H2,1H3,(H,39,40)(H,42,43). The Morgan fingerprint density at radius 1 is 1.09 bits per heavy atom. The molecule has 2 aromatic carbocycles. The molecule has 1 aliphatic rings. The molecule has 16 heteroatoms. The molecular weight excluding hydrogens is 619 g/mol. The van der Waals surface area contributed by atoms with E-state index in [-0.39, 0.29) is 47.2 Å². The lowest BCUT2D eigenvalue weighted by Gasteiger charge is -2.29. The van der Waals surface area contributed by atoms with Crippen LogP contribution < -0.4 is 4.74 Å². The van der Waals surface area contributed by atoms with Crippen molar-refractivity contribution in [3.63, 3.8) is 0 Å². The van der Waals surface area contributed by atoms with Gasteiger partial charge in [-0.1, -0.05) is 13.0 Å². The number of hydrazone groups is 1. The van der Waals surface area contributed by atoms with Gasteiger partial charge in [0.25, 0.3) is 0 Å². The SMILES string of the molecule is CCCOc1ccc(-c2ncc(C(C(=O)OCCC(=O)O)N3Cc4nc(-c5cccc(F)c5F)[nH]c4C=N3)cn2)c(C(F)(F)F)c1. The number of carboxylic acid groups (broad SMARTS) is 1. The number of aliphatic carboxylic acids is 1. The van der Waals surface area contributed by atoms with Crippen LogP contribution in [-0.2, 0) is 27.0 Å². The Kier molecular flexibility index (Phi) is 9.25. The number of benzene rings is 2. The number of halogens is 5. The molecule has 0 aliphatic carbocycles. The lowest BCUT2D eigenvalue weighted by molar-refractivity contribution is -0.152. The zero-order valence-electron chi connectivity index (χ0n) is 24.0. The molecule has 0 bridgehead atoms.